The Labute approximate surface area is 128 Å². The van der Waals surface area contributed by atoms with Crippen molar-refractivity contribution in [2.24, 2.45) is 0 Å². The highest BCUT2D eigenvalue weighted by Crippen LogP contribution is 2.31. The van der Waals surface area contributed by atoms with Gasteiger partial charge in [-0.1, -0.05) is 18.2 Å². The molecule has 0 fully saturated rings. The summed E-state index contributed by atoms with van der Waals surface area (Å²) in [6.45, 7) is 0. The molecule has 0 saturated heterocycles. The van der Waals surface area contributed by atoms with Gasteiger partial charge in [0.2, 0.25) is 5.95 Å². The Balaban J connectivity index is 1.88. The fraction of sp³-hybridized carbons (Fsp3) is 0.167. The van der Waals surface area contributed by atoms with Crippen molar-refractivity contribution in [3.63, 3.8) is 0 Å². The molecule has 1 aliphatic rings. The number of anilines is 1. The summed E-state index contributed by atoms with van der Waals surface area (Å²) in [5, 5.41) is 1.14. The summed E-state index contributed by atoms with van der Waals surface area (Å²) >= 11 is 0. The van der Waals surface area contributed by atoms with E-state index < -0.39 is 0 Å². The van der Waals surface area contributed by atoms with E-state index in [1.54, 1.807) is 0 Å². The van der Waals surface area contributed by atoms with Gasteiger partial charge in [0.1, 0.15) is 0 Å². The summed E-state index contributed by atoms with van der Waals surface area (Å²) in [5.41, 5.74) is 11.3. The normalized spacial score (nSPS) is 14.3. The summed E-state index contributed by atoms with van der Waals surface area (Å²) < 4.78 is 0. The molecule has 0 aliphatic heterocycles. The van der Waals surface area contributed by atoms with Crippen LogP contribution in [0.15, 0.2) is 48.8 Å². The second-order valence-corrected chi connectivity index (χ2v) is 5.51. The van der Waals surface area contributed by atoms with Gasteiger partial charge in [-0.25, -0.2) is 9.97 Å². The van der Waals surface area contributed by atoms with E-state index in [2.05, 4.69) is 45.3 Å². The number of pyridine rings is 1. The van der Waals surface area contributed by atoms with Crippen LogP contribution in [-0.2, 0) is 6.42 Å². The van der Waals surface area contributed by atoms with Crippen LogP contribution in [0.3, 0.4) is 0 Å². The molecule has 22 heavy (non-hydrogen) atoms. The van der Waals surface area contributed by atoms with Gasteiger partial charge in [-0.15, -0.1) is 0 Å². The van der Waals surface area contributed by atoms with Crippen molar-refractivity contribution >= 4 is 22.4 Å². The zero-order chi connectivity index (χ0) is 14.9. The van der Waals surface area contributed by atoms with Crippen molar-refractivity contribution in [3.05, 3.63) is 65.6 Å². The van der Waals surface area contributed by atoms with Crippen LogP contribution in [0.1, 0.15) is 29.7 Å². The molecular weight excluding hydrogens is 272 g/mol. The Morgan fingerprint density at radius 2 is 2.05 bits per heavy atom. The molecule has 4 rings (SSSR count). The third-order valence-electron chi connectivity index (χ3n) is 4.06. The first-order valence-electron chi connectivity index (χ1n) is 7.48. The lowest BCUT2D eigenvalue weighted by Gasteiger charge is -2.11. The van der Waals surface area contributed by atoms with E-state index in [1.165, 1.54) is 11.1 Å². The monoisotopic (exact) mass is 288 g/mol. The first-order valence-corrected chi connectivity index (χ1v) is 7.48. The molecule has 4 heteroatoms. The van der Waals surface area contributed by atoms with Crippen LogP contribution in [0, 0.1) is 0 Å². The topological polar surface area (TPSA) is 64.7 Å². The number of nitrogens with two attached hydrogens (primary N) is 1. The molecule has 4 nitrogen and oxygen atoms in total. The minimum absolute atomic E-state index is 0.350. The molecule has 0 saturated carbocycles. The van der Waals surface area contributed by atoms with E-state index in [9.17, 15) is 0 Å². The van der Waals surface area contributed by atoms with Gasteiger partial charge in [-0.2, -0.15) is 0 Å². The third-order valence-corrected chi connectivity index (χ3v) is 4.06. The molecule has 2 heterocycles. The lowest BCUT2D eigenvalue weighted by Crippen LogP contribution is -2.03. The number of allylic oxidation sites excluding steroid dienone is 1. The number of nitrogen functional groups attached to an aromatic ring is 1. The second kappa shape index (κ2) is 5.22. The van der Waals surface area contributed by atoms with Gasteiger partial charge in [0.15, 0.2) is 0 Å². The van der Waals surface area contributed by atoms with Crippen LogP contribution in [0.2, 0.25) is 0 Å². The molecule has 0 unspecified atom stereocenters. The largest absolute Gasteiger partial charge is 0.368 e. The summed E-state index contributed by atoms with van der Waals surface area (Å²) in [4.78, 5) is 13.0. The van der Waals surface area contributed by atoms with Crippen molar-refractivity contribution in [2.45, 2.75) is 19.3 Å². The molecule has 0 radical (unpaired) electrons. The van der Waals surface area contributed by atoms with Gasteiger partial charge in [-0.3, -0.25) is 4.98 Å². The minimum Gasteiger partial charge on any atom is -0.368 e. The molecule has 0 amide bonds. The Morgan fingerprint density at radius 3 is 3.00 bits per heavy atom. The lowest BCUT2D eigenvalue weighted by atomic mass is 9.96. The number of hydrogen-bond acceptors (Lipinski definition) is 4. The molecular formula is C18H16N4. The standard InChI is InChI=1S/C18H16N4/c19-18-21-11-15-14(5-1-2-6-17(15)22-18)12-7-8-16-13(10-12)4-3-9-20-16/h3-5,7-11H,1-2,6H2,(H2,19,21,22). The van der Waals surface area contributed by atoms with E-state index in [0.717, 1.165) is 41.4 Å². The zero-order valence-electron chi connectivity index (χ0n) is 12.2. The smallest absolute Gasteiger partial charge is 0.220 e. The maximum absolute atomic E-state index is 5.74. The first-order chi connectivity index (χ1) is 10.8. The number of aromatic nitrogens is 3. The molecule has 3 aromatic rings. The number of aryl methyl sites for hydroxylation is 1. The highest BCUT2D eigenvalue weighted by Gasteiger charge is 2.15. The van der Waals surface area contributed by atoms with Crippen LogP contribution in [0.5, 0.6) is 0 Å². The van der Waals surface area contributed by atoms with Crippen LogP contribution in [-0.4, -0.2) is 15.0 Å². The van der Waals surface area contributed by atoms with E-state index in [4.69, 9.17) is 5.73 Å². The van der Waals surface area contributed by atoms with Gasteiger partial charge in [-0.05, 0) is 48.6 Å². The van der Waals surface area contributed by atoms with Gasteiger partial charge in [0, 0.05) is 23.3 Å². The maximum atomic E-state index is 5.74. The molecule has 108 valence electrons. The Hall–Kier alpha value is -2.75. The van der Waals surface area contributed by atoms with Crippen molar-refractivity contribution < 1.29 is 0 Å². The van der Waals surface area contributed by atoms with Crippen molar-refractivity contribution in [3.8, 4) is 0 Å². The SMILES string of the molecule is Nc1ncc2c(n1)CCCC=C2c1ccc2ncccc2c1. The van der Waals surface area contributed by atoms with Crippen LogP contribution in [0.4, 0.5) is 5.95 Å². The van der Waals surface area contributed by atoms with Gasteiger partial charge < -0.3 is 5.73 Å². The second-order valence-electron chi connectivity index (χ2n) is 5.51. The summed E-state index contributed by atoms with van der Waals surface area (Å²) in [7, 11) is 0. The zero-order valence-corrected chi connectivity index (χ0v) is 12.2. The number of benzene rings is 1. The van der Waals surface area contributed by atoms with Crippen LogP contribution in [0.25, 0.3) is 16.5 Å². The van der Waals surface area contributed by atoms with E-state index >= 15 is 0 Å². The number of nitrogens with zero attached hydrogens (tertiary/aromatic N) is 3. The predicted molar refractivity (Wildman–Crippen MR) is 88.2 cm³/mol. The lowest BCUT2D eigenvalue weighted by molar-refractivity contribution is 0.823. The third kappa shape index (κ3) is 2.22. The summed E-state index contributed by atoms with van der Waals surface area (Å²) in [6.07, 6.45) is 9.01. The molecule has 1 aliphatic carbocycles. The van der Waals surface area contributed by atoms with Crippen molar-refractivity contribution in [1.29, 1.82) is 0 Å². The fourth-order valence-electron chi connectivity index (χ4n) is 2.99. The molecule has 2 N–H and O–H groups in total. The van der Waals surface area contributed by atoms with Gasteiger partial charge in [0.05, 0.1) is 11.2 Å². The minimum atomic E-state index is 0.350. The Kier molecular flexibility index (Phi) is 3.07. The van der Waals surface area contributed by atoms with E-state index in [1.807, 2.05) is 18.5 Å². The molecule has 2 aromatic heterocycles. The first kappa shape index (κ1) is 13.0. The number of fused-ring (bicyclic) bond motifs is 2. The average molecular weight is 288 g/mol. The van der Waals surface area contributed by atoms with Crippen LogP contribution < -0.4 is 5.73 Å². The quantitative estimate of drug-likeness (QED) is 0.745. The van der Waals surface area contributed by atoms with Crippen molar-refractivity contribution in [2.75, 3.05) is 5.73 Å². The summed E-state index contributed by atoms with van der Waals surface area (Å²) in [6, 6.07) is 10.4. The maximum Gasteiger partial charge on any atom is 0.220 e. The summed E-state index contributed by atoms with van der Waals surface area (Å²) in [5.74, 6) is 0.350. The fourth-order valence-corrected chi connectivity index (χ4v) is 2.99. The highest BCUT2D eigenvalue weighted by molar-refractivity contribution is 5.88. The predicted octanol–water partition coefficient (Wildman–Crippen LogP) is 3.38. The Bertz CT molecular complexity index is 883. The van der Waals surface area contributed by atoms with Crippen LogP contribution >= 0.6 is 0 Å². The molecule has 1 aromatic carbocycles. The van der Waals surface area contributed by atoms with E-state index in [-0.39, 0.29) is 0 Å². The van der Waals surface area contributed by atoms with Crippen molar-refractivity contribution in [1.82, 2.24) is 15.0 Å². The highest BCUT2D eigenvalue weighted by atomic mass is 15.0. The average Bonchev–Trinajstić information content (AvgIpc) is 2.76. The van der Waals surface area contributed by atoms with Gasteiger partial charge >= 0.3 is 0 Å². The van der Waals surface area contributed by atoms with E-state index in [0.29, 0.717) is 5.95 Å². The molecule has 0 atom stereocenters. The van der Waals surface area contributed by atoms with Gasteiger partial charge in [0.25, 0.3) is 0 Å². The number of rotatable bonds is 1. The number of hydrogen-bond donors (Lipinski definition) is 1. The Morgan fingerprint density at radius 1 is 1.09 bits per heavy atom. The molecule has 0 bridgehead atoms. The molecule has 0 spiro atoms.